The fraction of sp³-hybridized carbons (Fsp3) is 0.143. The highest BCUT2D eigenvalue weighted by molar-refractivity contribution is 7.98. The Morgan fingerprint density at radius 2 is 2.16 bits per heavy atom. The minimum atomic E-state index is 0.799. The van der Waals surface area contributed by atoms with E-state index in [-0.39, 0.29) is 0 Å². The third-order valence-corrected chi connectivity index (χ3v) is 3.67. The number of fused-ring (bicyclic) bond motifs is 1. The molecule has 4 nitrogen and oxygen atoms in total. The molecule has 5 heteroatoms. The number of aromatic amines is 1. The van der Waals surface area contributed by atoms with Crippen molar-refractivity contribution in [3.05, 3.63) is 36.7 Å². The van der Waals surface area contributed by atoms with Gasteiger partial charge in [0, 0.05) is 11.1 Å². The van der Waals surface area contributed by atoms with Crippen LogP contribution < -0.4 is 4.74 Å². The second kappa shape index (κ2) is 4.93. The quantitative estimate of drug-likeness (QED) is 0.742. The van der Waals surface area contributed by atoms with Gasteiger partial charge in [0.2, 0.25) is 0 Å². The number of hydrogen-bond acceptors (Lipinski definition) is 4. The van der Waals surface area contributed by atoms with Crippen molar-refractivity contribution in [2.45, 2.75) is 4.90 Å². The van der Waals surface area contributed by atoms with Gasteiger partial charge in [-0.05, 0) is 30.5 Å². The maximum absolute atomic E-state index is 5.45. The van der Waals surface area contributed by atoms with Gasteiger partial charge in [-0.1, -0.05) is 0 Å². The number of imidazole rings is 1. The molecule has 0 aliphatic heterocycles. The van der Waals surface area contributed by atoms with Crippen molar-refractivity contribution in [2.75, 3.05) is 13.4 Å². The summed E-state index contributed by atoms with van der Waals surface area (Å²) in [6, 6.07) is 7.99. The van der Waals surface area contributed by atoms with Crippen molar-refractivity contribution < 1.29 is 4.74 Å². The molecule has 0 radical (unpaired) electrons. The lowest BCUT2D eigenvalue weighted by molar-refractivity contribution is 0.415. The molecule has 19 heavy (non-hydrogen) atoms. The van der Waals surface area contributed by atoms with Crippen molar-refractivity contribution >= 4 is 22.8 Å². The normalized spacial score (nSPS) is 10.8. The Hall–Kier alpha value is -2.01. The number of benzene rings is 1. The predicted molar refractivity (Wildman–Crippen MR) is 77.7 cm³/mol. The van der Waals surface area contributed by atoms with E-state index in [0.29, 0.717) is 0 Å². The van der Waals surface area contributed by atoms with Crippen LogP contribution in [-0.4, -0.2) is 28.3 Å². The molecule has 1 aromatic carbocycles. The summed E-state index contributed by atoms with van der Waals surface area (Å²) in [6.07, 6.45) is 5.55. The maximum atomic E-state index is 5.45. The molecule has 2 heterocycles. The number of methoxy groups -OCH3 is 1. The fourth-order valence-corrected chi connectivity index (χ4v) is 2.41. The van der Waals surface area contributed by atoms with Gasteiger partial charge in [-0.15, -0.1) is 11.8 Å². The zero-order chi connectivity index (χ0) is 13.2. The molecular weight excluding hydrogens is 258 g/mol. The Morgan fingerprint density at radius 1 is 1.26 bits per heavy atom. The highest BCUT2D eigenvalue weighted by Gasteiger charge is 2.11. The smallest absolute Gasteiger partial charge is 0.142 e. The van der Waals surface area contributed by atoms with Gasteiger partial charge in [-0.3, -0.25) is 4.98 Å². The fourth-order valence-electron chi connectivity index (χ4n) is 1.98. The van der Waals surface area contributed by atoms with Crippen molar-refractivity contribution in [3.63, 3.8) is 0 Å². The van der Waals surface area contributed by atoms with E-state index < -0.39 is 0 Å². The van der Waals surface area contributed by atoms with Crippen LogP contribution in [0.25, 0.3) is 22.4 Å². The highest BCUT2D eigenvalue weighted by atomic mass is 32.2. The van der Waals surface area contributed by atoms with Crippen LogP contribution in [0, 0.1) is 0 Å². The standard InChI is InChI=1S/C14H13N3OS/c1-18-13-7-9(19-2)3-4-10(13)14-16-11-5-6-15-8-12(11)17-14/h3-8H,1-2H3,(H,16,17). The largest absolute Gasteiger partial charge is 0.496 e. The summed E-state index contributed by atoms with van der Waals surface area (Å²) < 4.78 is 5.45. The third-order valence-electron chi connectivity index (χ3n) is 2.95. The molecule has 0 saturated carbocycles. The second-order valence-corrected chi connectivity index (χ2v) is 4.92. The van der Waals surface area contributed by atoms with Crippen LogP contribution in [0.3, 0.4) is 0 Å². The van der Waals surface area contributed by atoms with Crippen molar-refractivity contribution in [1.29, 1.82) is 0 Å². The Kier molecular flexibility index (Phi) is 3.13. The van der Waals surface area contributed by atoms with E-state index in [1.54, 1.807) is 31.3 Å². The summed E-state index contributed by atoms with van der Waals surface area (Å²) in [5, 5.41) is 0. The Balaban J connectivity index is 2.15. The molecule has 1 N–H and O–H groups in total. The van der Waals surface area contributed by atoms with E-state index in [4.69, 9.17) is 4.74 Å². The SMILES string of the molecule is COc1cc(SC)ccc1-c1nc2ccncc2[nH]1. The average molecular weight is 271 g/mol. The number of nitrogens with zero attached hydrogens (tertiary/aromatic N) is 2. The van der Waals surface area contributed by atoms with Crippen LogP contribution >= 0.6 is 11.8 Å². The average Bonchev–Trinajstić information content (AvgIpc) is 2.90. The topological polar surface area (TPSA) is 50.8 Å². The molecule has 0 unspecified atom stereocenters. The molecule has 0 aliphatic rings. The highest BCUT2D eigenvalue weighted by Crippen LogP contribution is 2.32. The monoisotopic (exact) mass is 271 g/mol. The number of hydrogen-bond donors (Lipinski definition) is 1. The van der Waals surface area contributed by atoms with Crippen LogP contribution in [0.1, 0.15) is 0 Å². The minimum Gasteiger partial charge on any atom is -0.496 e. The van der Waals surface area contributed by atoms with Crippen LogP contribution in [0.15, 0.2) is 41.6 Å². The number of H-pyrrole nitrogens is 1. The zero-order valence-corrected chi connectivity index (χ0v) is 11.5. The maximum Gasteiger partial charge on any atom is 0.142 e. The molecule has 0 fully saturated rings. The van der Waals surface area contributed by atoms with E-state index in [9.17, 15) is 0 Å². The number of nitrogens with one attached hydrogen (secondary N) is 1. The van der Waals surface area contributed by atoms with Crippen LogP contribution in [0.5, 0.6) is 5.75 Å². The first-order valence-corrected chi connectivity index (χ1v) is 7.06. The van der Waals surface area contributed by atoms with Crippen LogP contribution in [0.4, 0.5) is 0 Å². The van der Waals surface area contributed by atoms with Crippen molar-refractivity contribution in [2.24, 2.45) is 0 Å². The number of thioether (sulfide) groups is 1. The number of pyridine rings is 1. The van der Waals surface area contributed by atoms with E-state index >= 15 is 0 Å². The van der Waals surface area contributed by atoms with Gasteiger partial charge in [0.25, 0.3) is 0 Å². The molecule has 0 spiro atoms. The number of rotatable bonds is 3. The molecule has 0 aliphatic carbocycles. The molecule has 0 amide bonds. The van der Waals surface area contributed by atoms with Gasteiger partial charge in [0.05, 0.1) is 29.9 Å². The summed E-state index contributed by atoms with van der Waals surface area (Å²) >= 11 is 1.69. The first-order valence-electron chi connectivity index (χ1n) is 5.84. The molecule has 3 aromatic rings. The summed E-state index contributed by atoms with van der Waals surface area (Å²) in [7, 11) is 1.67. The summed E-state index contributed by atoms with van der Waals surface area (Å²) in [4.78, 5) is 13.1. The van der Waals surface area contributed by atoms with Crippen molar-refractivity contribution in [3.8, 4) is 17.1 Å². The first-order chi connectivity index (χ1) is 9.31. The summed E-state index contributed by atoms with van der Waals surface area (Å²) in [5.74, 6) is 1.62. The zero-order valence-electron chi connectivity index (χ0n) is 10.7. The lowest BCUT2D eigenvalue weighted by Gasteiger charge is -2.07. The van der Waals surface area contributed by atoms with E-state index in [1.165, 1.54) is 4.90 Å². The van der Waals surface area contributed by atoms with E-state index in [1.807, 2.05) is 24.5 Å². The van der Waals surface area contributed by atoms with Gasteiger partial charge < -0.3 is 9.72 Å². The molecule has 0 atom stereocenters. The molecular formula is C14H13N3OS. The minimum absolute atomic E-state index is 0.799. The lowest BCUT2D eigenvalue weighted by Crippen LogP contribution is -1.89. The van der Waals surface area contributed by atoms with Gasteiger partial charge in [0.15, 0.2) is 0 Å². The molecule has 0 saturated heterocycles. The van der Waals surface area contributed by atoms with Crippen LogP contribution in [-0.2, 0) is 0 Å². The molecule has 3 rings (SSSR count). The predicted octanol–water partition coefficient (Wildman–Crippen LogP) is 3.36. The van der Waals surface area contributed by atoms with Gasteiger partial charge >= 0.3 is 0 Å². The molecule has 96 valence electrons. The third kappa shape index (κ3) is 2.17. The summed E-state index contributed by atoms with van der Waals surface area (Å²) in [6.45, 7) is 0. The van der Waals surface area contributed by atoms with E-state index in [0.717, 1.165) is 28.2 Å². The van der Waals surface area contributed by atoms with Gasteiger partial charge in [-0.25, -0.2) is 4.98 Å². The van der Waals surface area contributed by atoms with Gasteiger partial charge in [-0.2, -0.15) is 0 Å². The Bertz CT molecular complexity index is 691. The number of aromatic nitrogens is 3. The number of ether oxygens (including phenoxy) is 1. The van der Waals surface area contributed by atoms with Crippen molar-refractivity contribution in [1.82, 2.24) is 15.0 Å². The Morgan fingerprint density at radius 3 is 2.89 bits per heavy atom. The van der Waals surface area contributed by atoms with Crippen LogP contribution in [0.2, 0.25) is 0 Å². The molecule has 2 aromatic heterocycles. The Labute approximate surface area is 115 Å². The van der Waals surface area contributed by atoms with Gasteiger partial charge in [0.1, 0.15) is 11.6 Å². The molecule has 0 bridgehead atoms. The lowest BCUT2D eigenvalue weighted by atomic mass is 10.2. The summed E-state index contributed by atoms with van der Waals surface area (Å²) in [5.41, 5.74) is 2.78. The van der Waals surface area contributed by atoms with E-state index in [2.05, 4.69) is 21.0 Å². The second-order valence-electron chi connectivity index (χ2n) is 4.04. The first kappa shape index (κ1) is 12.0.